The maximum atomic E-state index is 10.7. The summed E-state index contributed by atoms with van der Waals surface area (Å²) in [6.07, 6.45) is 1.21. The van der Waals surface area contributed by atoms with Crippen molar-refractivity contribution in [2.24, 2.45) is 0 Å². The lowest BCUT2D eigenvalue weighted by atomic mass is 10.7. The summed E-state index contributed by atoms with van der Waals surface area (Å²) in [5.74, 6) is 0.745. The van der Waals surface area contributed by atoms with Crippen LogP contribution in [0.1, 0.15) is 5.82 Å². The molecule has 0 atom stereocenters. The number of hydrogen-bond donors (Lipinski definition) is 2. The van der Waals surface area contributed by atoms with Crippen LogP contribution in [0.5, 0.6) is 0 Å². The molecule has 5 nitrogen and oxygen atoms in total. The summed E-state index contributed by atoms with van der Waals surface area (Å²) in [6, 6.07) is 0. The van der Waals surface area contributed by atoms with Crippen LogP contribution in [0, 0.1) is 6.92 Å². The second kappa shape index (κ2) is 1.91. The van der Waals surface area contributed by atoms with Crippen LogP contribution in [-0.4, -0.2) is 19.9 Å². The molecule has 0 saturated heterocycles. The zero-order valence-corrected chi connectivity index (χ0v) is 5.88. The second-order valence-electron chi connectivity index (χ2n) is 2.27. The van der Waals surface area contributed by atoms with Crippen LogP contribution in [0.4, 0.5) is 0 Å². The summed E-state index contributed by atoms with van der Waals surface area (Å²) in [6.45, 7) is 1.81. The van der Waals surface area contributed by atoms with Gasteiger partial charge in [0.15, 0.2) is 11.3 Å². The summed E-state index contributed by atoms with van der Waals surface area (Å²) < 4.78 is 0. The van der Waals surface area contributed by atoms with Crippen molar-refractivity contribution < 1.29 is 0 Å². The molecule has 56 valence electrons. The number of fused-ring (bicyclic) bond motifs is 1. The van der Waals surface area contributed by atoms with Crippen LogP contribution in [-0.2, 0) is 0 Å². The number of aromatic nitrogens is 4. The summed E-state index contributed by atoms with van der Waals surface area (Å²) in [4.78, 5) is 24.0. The van der Waals surface area contributed by atoms with E-state index >= 15 is 0 Å². The Morgan fingerprint density at radius 3 is 3.09 bits per heavy atom. The molecule has 11 heavy (non-hydrogen) atoms. The smallest absolute Gasteiger partial charge is 0.268 e. The van der Waals surface area contributed by atoms with E-state index < -0.39 is 0 Å². The normalized spacial score (nSPS) is 10.6. The molecule has 0 aromatic carbocycles. The van der Waals surface area contributed by atoms with E-state index in [4.69, 9.17) is 0 Å². The Hall–Kier alpha value is -1.65. The minimum absolute atomic E-state index is 0.221. The zero-order chi connectivity index (χ0) is 7.84. The number of rotatable bonds is 0. The first-order chi connectivity index (χ1) is 5.25. The molecule has 2 heterocycles. The van der Waals surface area contributed by atoms with Gasteiger partial charge in [-0.25, -0.2) is 9.97 Å². The van der Waals surface area contributed by atoms with Gasteiger partial charge in [-0.05, 0) is 6.92 Å². The number of H-pyrrole nitrogens is 2. The predicted molar refractivity (Wildman–Crippen MR) is 39.2 cm³/mol. The molecule has 0 aliphatic heterocycles. The van der Waals surface area contributed by atoms with Crippen LogP contribution >= 0.6 is 0 Å². The van der Waals surface area contributed by atoms with Gasteiger partial charge in [0.25, 0.3) is 5.56 Å². The third-order valence-electron chi connectivity index (χ3n) is 1.36. The second-order valence-corrected chi connectivity index (χ2v) is 2.27. The van der Waals surface area contributed by atoms with E-state index in [9.17, 15) is 4.79 Å². The van der Waals surface area contributed by atoms with Crippen LogP contribution < -0.4 is 5.56 Å². The first kappa shape index (κ1) is 6.09. The van der Waals surface area contributed by atoms with E-state index in [1.807, 2.05) is 0 Å². The summed E-state index contributed by atoms with van der Waals surface area (Å²) in [7, 11) is 0. The van der Waals surface area contributed by atoms with E-state index in [0.29, 0.717) is 11.3 Å². The minimum Gasteiger partial charge on any atom is -0.327 e. The molecule has 5 heteroatoms. The zero-order valence-electron chi connectivity index (χ0n) is 5.88. The van der Waals surface area contributed by atoms with Gasteiger partial charge in [-0.3, -0.25) is 4.79 Å². The van der Waals surface area contributed by atoms with Crippen molar-refractivity contribution in [3.05, 3.63) is 22.4 Å². The molecule has 0 saturated carbocycles. The highest BCUT2D eigenvalue weighted by molar-refractivity contribution is 5.64. The Morgan fingerprint density at radius 2 is 2.27 bits per heavy atom. The molecule has 0 amide bonds. The van der Waals surface area contributed by atoms with Gasteiger partial charge in [-0.2, -0.15) is 0 Å². The Labute approximate surface area is 61.5 Å². The van der Waals surface area contributed by atoms with Crippen molar-refractivity contribution in [3.8, 4) is 0 Å². The Bertz CT molecular complexity index is 441. The van der Waals surface area contributed by atoms with Crippen LogP contribution in [0.2, 0.25) is 0 Å². The topological polar surface area (TPSA) is 74.4 Å². The number of imidazole rings is 1. The van der Waals surface area contributed by atoms with Gasteiger partial charge in [0.2, 0.25) is 0 Å². The quantitative estimate of drug-likeness (QED) is 0.553. The molecule has 2 rings (SSSR count). The predicted octanol–water partition coefficient (Wildman–Crippen LogP) is -0.0454. The Morgan fingerprint density at radius 1 is 1.45 bits per heavy atom. The third-order valence-corrected chi connectivity index (χ3v) is 1.36. The average Bonchev–Trinajstić information content (AvgIpc) is 2.27. The van der Waals surface area contributed by atoms with Crippen molar-refractivity contribution in [2.75, 3.05) is 0 Å². The molecule has 0 aliphatic carbocycles. The van der Waals surface area contributed by atoms with Gasteiger partial charge in [0.05, 0.1) is 6.20 Å². The maximum absolute atomic E-state index is 10.7. The lowest BCUT2D eigenvalue weighted by Crippen LogP contribution is -2.04. The highest BCUT2D eigenvalue weighted by Gasteiger charge is 1.98. The molecule has 0 fully saturated rings. The van der Waals surface area contributed by atoms with Crippen molar-refractivity contribution in [1.82, 2.24) is 19.9 Å². The maximum Gasteiger partial charge on any atom is 0.268 e. The molecule has 0 spiro atoms. The first-order valence-electron chi connectivity index (χ1n) is 3.17. The van der Waals surface area contributed by atoms with Gasteiger partial charge in [0, 0.05) is 0 Å². The fraction of sp³-hybridized carbons (Fsp3) is 0.167. The number of aromatic amines is 2. The van der Waals surface area contributed by atoms with E-state index in [0.717, 1.165) is 5.82 Å². The average molecular weight is 150 g/mol. The number of aryl methyl sites for hydroxylation is 1. The van der Waals surface area contributed by atoms with Crippen molar-refractivity contribution >= 4 is 11.3 Å². The highest BCUT2D eigenvalue weighted by Crippen LogP contribution is 1.99. The molecule has 2 aromatic heterocycles. The fourth-order valence-corrected chi connectivity index (χ4v) is 0.935. The summed E-state index contributed by atoms with van der Waals surface area (Å²) in [5.41, 5.74) is 0.901. The fourth-order valence-electron chi connectivity index (χ4n) is 0.935. The molecule has 0 aliphatic rings. The molecular formula is C6H6N4O. The van der Waals surface area contributed by atoms with E-state index in [1.54, 1.807) is 6.92 Å². The molecule has 0 bridgehead atoms. The minimum atomic E-state index is -0.221. The molecule has 0 radical (unpaired) electrons. The van der Waals surface area contributed by atoms with Gasteiger partial charge in [-0.1, -0.05) is 0 Å². The van der Waals surface area contributed by atoms with Gasteiger partial charge >= 0.3 is 0 Å². The van der Waals surface area contributed by atoms with Gasteiger partial charge in [0.1, 0.15) is 5.82 Å². The number of nitrogens with zero attached hydrogens (tertiary/aromatic N) is 2. The van der Waals surface area contributed by atoms with Gasteiger partial charge in [-0.15, -0.1) is 0 Å². The summed E-state index contributed by atoms with van der Waals surface area (Å²) in [5, 5.41) is 0. The summed E-state index contributed by atoms with van der Waals surface area (Å²) >= 11 is 0. The number of hydrogen-bond acceptors (Lipinski definition) is 3. The van der Waals surface area contributed by atoms with Crippen LogP contribution in [0.15, 0.2) is 11.0 Å². The lowest BCUT2D eigenvalue weighted by Gasteiger charge is -1.82. The number of nitrogens with one attached hydrogen (secondary N) is 2. The van der Waals surface area contributed by atoms with Crippen molar-refractivity contribution in [2.45, 2.75) is 6.92 Å². The van der Waals surface area contributed by atoms with Crippen LogP contribution in [0.3, 0.4) is 0 Å². The third kappa shape index (κ3) is 0.899. The molecule has 2 N–H and O–H groups in total. The van der Waals surface area contributed by atoms with Crippen molar-refractivity contribution in [1.29, 1.82) is 0 Å². The van der Waals surface area contributed by atoms with E-state index in [-0.39, 0.29) is 5.56 Å². The first-order valence-corrected chi connectivity index (χ1v) is 3.17. The standard InChI is InChI=1S/C6H6N4O/c1-3-8-5-6(9-3)10-4(11)2-7-5/h2H,1H3,(H2,7,8,9,10,11). The van der Waals surface area contributed by atoms with E-state index in [1.165, 1.54) is 6.20 Å². The highest BCUT2D eigenvalue weighted by atomic mass is 16.1. The molecule has 2 aromatic rings. The Balaban J connectivity index is 2.92. The largest absolute Gasteiger partial charge is 0.327 e. The van der Waals surface area contributed by atoms with Crippen molar-refractivity contribution in [3.63, 3.8) is 0 Å². The molecule has 0 unspecified atom stereocenters. The lowest BCUT2D eigenvalue weighted by molar-refractivity contribution is 1.15. The van der Waals surface area contributed by atoms with Gasteiger partial charge < -0.3 is 9.97 Å². The SMILES string of the molecule is Cc1nc2ncc(=O)[nH]c2[nH]1. The monoisotopic (exact) mass is 150 g/mol. The molecular weight excluding hydrogens is 144 g/mol. The van der Waals surface area contributed by atoms with E-state index in [2.05, 4.69) is 19.9 Å². The van der Waals surface area contributed by atoms with Crippen LogP contribution in [0.25, 0.3) is 11.3 Å². The Kier molecular flexibility index (Phi) is 1.06.